The van der Waals surface area contributed by atoms with Crippen molar-refractivity contribution in [1.82, 2.24) is 9.97 Å². The third-order valence-corrected chi connectivity index (χ3v) is 6.96. The normalized spacial score (nSPS) is 29.9. The molecule has 2 heterocycles. The van der Waals surface area contributed by atoms with Crippen LogP contribution in [0.3, 0.4) is 0 Å². The predicted molar refractivity (Wildman–Crippen MR) is 115 cm³/mol. The highest BCUT2D eigenvalue weighted by Crippen LogP contribution is 2.56. The molecule has 0 spiro atoms. The van der Waals surface area contributed by atoms with E-state index in [1.165, 1.54) is 12.8 Å². The average Bonchev–Trinajstić information content (AvgIpc) is 3.17. The first-order valence-electron chi connectivity index (χ1n) is 10.8. The molecule has 4 saturated carbocycles. The minimum atomic E-state index is -1.08. The number of carboxylic acids is 2. The maximum atomic E-state index is 11.9. The molecule has 32 heavy (non-hydrogen) atoms. The number of rotatable bonds is 6. The van der Waals surface area contributed by atoms with Crippen LogP contribution in [0.1, 0.15) is 55.3 Å². The lowest BCUT2D eigenvalue weighted by Gasteiger charge is -2.58. The fourth-order valence-corrected chi connectivity index (χ4v) is 5.95. The topological polar surface area (TPSA) is 179 Å². The lowest BCUT2D eigenvalue weighted by Crippen LogP contribution is -2.59. The van der Waals surface area contributed by atoms with Gasteiger partial charge >= 0.3 is 11.9 Å². The van der Waals surface area contributed by atoms with E-state index >= 15 is 0 Å². The van der Waals surface area contributed by atoms with E-state index in [1.54, 1.807) is 6.20 Å². The predicted octanol–water partition coefficient (Wildman–Crippen LogP) is 1.95. The van der Waals surface area contributed by atoms with Crippen molar-refractivity contribution < 1.29 is 29.7 Å². The number of pyridine rings is 1. The minimum Gasteiger partial charge on any atom is -0.481 e. The van der Waals surface area contributed by atoms with Crippen LogP contribution in [0.5, 0.6) is 0 Å². The average molecular weight is 444 g/mol. The van der Waals surface area contributed by atoms with Crippen LogP contribution in [-0.2, 0) is 9.59 Å². The number of anilines is 1. The SMILES string of the molecule is NC(=O)c1cnc2[nH]ccc2c1NC1C2CC3C[C@H]1CC(O)(C3)C2.O=C(O)CCC(=O)O. The molecule has 4 aliphatic rings. The van der Waals surface area contributed by atoms with Crippen LogP contribution in [-0.4, -0.2) is 54.8 Å². The summed E-state index contributed by atoms with van der Waals surface area (Å²) in [6.45, 7) is 0. The number of nitrogens with one attached hydrogen (secondary N) is 2. The van der Waals surface area contributed by atoms with Crippen molar-refractivity contribution in [2.45, 2.75) is 56.6 Å². The summed E-state index contributed by atoms with van der Waals surface area (Å²) in [5, 5.41) is 31.1. The van der Waals surface area contributed by atoms with Gasteiger partial charge in [-0.1, -0.05) is 0 Å². The van der Waals surface area contributed by atoms with E-state index in [4.69, 9.17) is 15.9 Å². The zero-order valence-corrected chi connectivity index (χ0v) is 17.6. The Balaban J connectivity index is 0.000000265. The molecule has 1 amide bonds. The van der Waals surface area contributed by atoms with E-state index in [-0.39, 0.29) is 12.8 Å². The second-order valence-electron chi connectivity index (χ2n) is 9.30. The third kappa shape index (κ3) is 4.40. The second kappa shape index (κ2) is 8.42. The quantitative estimate of drug-likeness (QED) is 0.391. The summed E-state index contributed by atoms with van der Waals surface area (Å²) in [6, 6.07) is 2.22. The highest BCUT2D eigenvalue weighted by molar-refractivity contribution is 6.06. The minimum absolute atomic E-state index is 0.292. The van der Waals surface area contributed by atoms with Gasteiger partial charge in [-0.25, -0.2) is 4.98 Å². The molecule has 6 rings (SSSR count). The Kier molecular flexibility index (Phi) is 5.81. The number of fused-ring (bicyclic) bond motifs is 1. The van der Waals surface area contributed by atoms with Crippen molar-refractivity contribution >= 4 is 34.6 Å². The number of carbonyl (C=O) groups excluding carboxylic acids is 1. The van der Waals surface area contributed by atoms with Gasteiger partial charge in [0.15, 0.2) is 0 Å². The number of hydrogen-bond acceptors (Lipinski definition) is 6. The lowest BCUT2D eigenvalue weighted by atomic mass is 9.52. The fraction of sp³-hybridized carbons (Fsp3) is 0.545. The van der Waals surface area contributed by atoms with Crippen LogP contribution >= 0.6 is 0 Å². The van der Waals surface area contributed by atoms with Crippen molar-refractivity contribution in [2.75, 3.05) is 5.32 Å². The molecule has 10 nitrogen and oxygen atoms in total. The Morgan fingerprint density at radius 3 is 2.28 bits per heavy atom. The number of H-pyrrole nitrogens is 1. The highest BCUT2D eigenvalue weighted by atomic mass is 16.4. The Morgan fingerprint density at radius 2 is 1.75 bits per heavy atom. The molecule has 5 atom stereocenters. The van der Waals surface area contributed by atoms with Crippen molar-refractivity contribution in [1.29, 1.82) is 0 Å². The number of nitrogens with two attached hydrogens (primary N) is 1. The van der Waals surface area contributed by atoms with Crippen LogP contribution in [0, 0.1) is 17.8 Å². The van der Waals surface area contributed by atoms with Crippen LogP contribution in [0.25, 0.3) is 11.0 Å². The Morgan fingerprint density at radius 1 is 1.12 bits per heavy atom. The van der Waals surface area contributed by atoms with Gasteiger partial charge in [0.25, 0.3) is 5.91 Å². The van der Waals surface area contributed by atoms with Gasteiger partial charge in [-0.05, 0) is 55.9 Å². The van der Waals surface area contributed by atoms with E-state index in [2.05, 4.69) is 15.3 Å². The number of amides is 1. The molecule has 4 bridgehead atoms. The zero-order valence-electron chi connectivity index (χ0n) is 17.6. The van der Waals surface area contributed by atoms with E-state index in [0.717, 1.165) is 36.0 Å². The first kappa shape index (κ1) is 22.1. The second-order valence-corrected chi connectivity index (χ2v) is 9.30. The summed E-state index contributed by atoms with van der Waals surface area (Å²) in [6.07, 6.45) is 7.82. The van der Waals surface area contributed by atoms with Crippen LogP contribution in [0.4, 0.5) is 5.69 Å². The highest BCUT2D eigenvalue weighted by Gasteiger charge is 2.54. The zero-order chi connectivity index (χ0) is 23.0. The first-order chi connectivity index (χ1) is 15.1. The van der Waals surface area contributed by atoms with Crippen molar-refractivity contribution in [3.05, 3.63) is 24.0 Å². The molecule has 2 aromatic heterocycles. The van der Waals surface area contributed by atoms with Gasteiger partial charge in [-0.3, -0.25) is 14.4 Å². The summed E-state index contributed by atoms with van der Waals surface area (Å²) < 4.78 is 0. The first-order valence-corrected chi connectivity index (χ1v) is 10.8. The summed E-state index contributed by atoms with van der Waals surface area (Å²) in [5.74, 6) is -1.03. The van der Waals surface area contributed by atoms with Gasteiger partial charge in [-0.2, -0.15) is 0 Å². The summed E-state index contributed by atoms with van der Waals surface area (Å²) in [7, 11) is 0. The number of aromatic amines is 1. The van der Waals surface area contributed by atoms with E-state index < -0.39 is 23.4 Å². The fourth-order valence-electron chi connectivity index (χ4n) is 5.95. The molecule has 172 valence electrons. The van der Waals surface area contributed by atoms with Crippen LogP contribution < -0.4 is 11.1 Å². The monoisotopic (exact) mass is 444 g/mol. The van der Waals surface area contributed by atoms with E-state index in [0.29, 0.717) is 29.4 Å². The summed E-state index contributed by atoms with van der Waals surface area (Å²) in [5.41, 5.74) is 7.10. The van der Waals surface area contributed by atoms with E-state index in [9.17, 15) is 19.5 Å². The van der Waals surface area contributed by atoms with Crippen molar-refractivity contribution in [3.63, 3.8) is 0 Å². The Labute approximate surface area is 184 Å². The number of aliphatic hydroxyl groups is 1. The number of aromatic nitrogens is 2. The molecular weight excluding hydrogens is 416 g/mol. The number of hydrogen-bond donors (Lipinski definition) is 6. The Hall–Kier alpha value is -3.14. The van der Waals surface area contributed by atoms with Gasteiger partial charge < -0.3 is 31.4 Å². The molecule has 0 aromatic carbocycles. The molecule has 4 fully saturated rings. The number of aliphatic carboxylic acids is 2. The maximum Gasteiger partial charge on any atom is 0.303 e. The lowest BCUT2D eigenvalue weighted by molar-refractivity contribution is -0.143. The molecule has 4 aliphatic carbocycles. The summed E-state index contributed by atoms with van der Waals surface area (Å²) in [4.78, 5) is 38.5. The van der Waals surface area contributed by atoms with Crippen molar-refractivity contribution in [2.24, 2.45) is 23.5 Å². The molecule has 4 unspecified atom stereocenters. The summed E-state index contributed by atoms with van der Waals surface area (Å²) >= 11 is 0. The number of nitrogens with zero attached hydrogens (tertiary/aromatic N) is 1. The van der Waals surface area contributed by atoms with Crippen molar-refractivity contribution in [3.8, 4) is 0 Å². The van der Waals surface area contributed by atoms with Gasteiger partial charge in [0.05, 0.1) is 29.7 Å². The smallest absolute Gasteiger partial charge is 0.303 e. The number of carboxylic acid groups (broad SMARTS) is 2. The molecule has 7 N–H and O–H groups in total. The van der Waals surface area contributed by atoms with Gasteiger partial charge in [0.2, 0.25) is 0 Å². The standard InChI is InChI=1S/C18H22N4O2.C4H6O4/c19-16(23)13-8-21-17-12(1-2-20-17)15(13)22-14-10-3-9-4-11(14)7-18(24,5-9)6-10;5-3(6)1-2-4(7)8/h1-2,8-11,14,24H,3-7H2,(H2,19,23)(H2,20,21,22);1-2H2,(H,5,6)(H,7,8)/t9?,10-,11?,14?,18?;/m0./s1. The van der Waals surface area contributed by atoms with Gasteiger partial charge in [0, 0.05) is 23.8 Å². The number of carbonyl (C=O) groups is 3. The maximum absolute atomic E-state index is 11.9. The van der Waals surface area contributed by atoms with Crippen LogP contribution in [0.15, 0.2) is 18.5 Å². The Bertz CT molecular complexity index is 1020. The molecule has 0 saturated heterocycles. The number of primary amides is 1. The molecular formula is C22H28N4O6. The van der Waals surface area contributed by atoms with Gasteiger partial charge in [-0.15, -0.1) is 0 Å². The molecule has 10 heteroatoms. The largest absolute Gasteiger partial charge is 0.481 e. The molecule has 0 aliphatic heterocycles. The molecule has 2 aromatic rings. The molecule has 0 radical (unpaired) electrons. The van der Waals surface area contributed by atoms with E-state index in [1.807, 2.05) is 12.3 Å². The third-order valence-electron chi connectivity index (χ3n) is 6.96. The van der Waals surface area contributed by atoms with Crippen LogP contribution in [0.2, 0.25) is 0 Å². The van der Waals surface area contributed by atoms with Gasteiger partial charge in [0.1, 0.15) is 5.65 Å².